The Bertz CT molecular complexity index is 608. The van der Waals surface area contributed by atoms with Gasteiger partial charge in [0.05, 0.1) is 18.7 Å². The number of carbonyl (C=O) groups is 1. The summed E-state index contributed by atoms with van der Waals surface area (Å²) in [6, 6.07) is 14.9. The lowest BCUT2D eigenvalue weighted by Crippen LogP contribution is -2.10. The summed E-state index contributed by atoms with van der Waals surface area (Å²) in [5, 5.41) is 12.4. The van der Waals surface area contributed by atoms with E-state index in [2.05, 4.69) is 12.2 Å². The number of hydrogen-bond donors (Lipinski definition) is 2. The molecule has 0 spiro atoms. The van der Waals surface area contributed by atoms with Gasteiger partial charge in [-0.3, -0.25) is 0 Å². The standard InChI is InChI=1S/C17H19NO3/c1-3-16(12-7-9-15(21-2)10-8-12)18-14-6-4-5-13(11-14)17(19)20/h4-11,16,18H,3H2,1-2H3,(H,19,20). The van der Waals surface area contributed by atoms with Crippen LogP contribution in [0.1, 0.15) is 35.3 Å². The van der Waals surface area contributed by atoms with Crippen molar-refractivity contribution in [2.24, 2.45) is 0 Å². The lowest BCUT2D eigenvalue weighted by molar-refractivity contribution is 0.0697. The summed E-state index contributed by atoms with van der Waals surface area (Å²) < 4.78 is 5.16. The van der Waals surface area contributed by atoms with Crippen molar-refractivity contribution in [3.05, 3.63) is 59.7 Å². The van der Waals surface area contributed by atoms with Crippen LogP contribution in [0.25, 0.3) is 0 Å². The van der Waals surface area contributed by atoms with Crippen molar-refractivity contribution in [2.75, 3.05) is 12.4 Å². The van der Waals surface area contributed by atoms with E-state index in [9.17, 15) is 4.79 Å². The summed E-state index contributed by atoms with van der Waals surface area (Å²) in [4.78, 5) is 11.0. The minimum absolute atomic E-state index is 0.125. The molecule has 4 nitrogen and oxygen atoms in total. The van der Waals surface area contributed by atoms with E-state index in [0.29, 0.717) is 0 Å². The first kappa shape index (κ1) is 14.9. The number of aromatic carboxylic acids is 1. The van der Waals surface area contributed by atoms with E-state index in [-0.39, 0.29) is 11.6 Å². The molecule has 0 aliphatic rings. The van der Waals surface area contributed by atoms with Gasteiger partial charge in [-0.25, -0.2) is 4.79 Å². The Balaban J connectivity index is 2.18. The van der Waals surface area contributed by atoms with Crippen LogP contribution in [0.3, 0.4) is 0 Å². The van der Waals surface area contributed by atoms with Crippen molar-refractivity contribution in [1.82, 2.24) is 0 Å². The summed E-state index contributed by atoms with van der Waals surface area (Å²) in [5.74, 6) is -0.0994. The molecule has 2 N–H and O–H groups in total. The van der Waals surface area contributed by atoms with Crippen molar-refractivity contribution < 1.29 is 14.6 Å². The monoisotopic (exact) mass is 285 g/mol. The molecule has 2 rings (SSSR count). The molecule has 1 atom stereocenters. The van der Waals surface area contributed by atoms with E-state index in [1.165, 1.54) is 0 Å². The van der Waals surface area contributed by atoms with Crippen molar-refractivity contribution in [1.29, 1.82) is 0 Å². The topological polar surface area (TPSA) is 58.6 Å². The number of hydrogen-bond acceptors (Lipinski definition) is 3. The van der Waals surface area contributed by atoms with Crippen molar-refractivity contribution in [2.45, 2.75) is 19.4 Å². The van der Waals surface area contributed by atoms with E-state index >= 15 is 0 Å². The maximum Gasteiger partial charge on any atom is 0.335 e. The number of carboxylic acids is 1. The van der Waals surface area contributed by atoms with Gasteiger partial charge >= 0.3 is 5.97 Å². The SMILES string of the molecule is CCC(Nc1cccc(C(=O)O)c1)c1ccc(OC)cc1. The van der Waals surface area contributed by atoms with Crippen LogP contribution in [0.4, 0.5) is 5.69 Å². The molecule has 0 aliphatic carbocycles. The third-order valence-electron chi connectivity index (χ3n) is 3.38. The summed E-state index contributed by atoms with van der Waals surface area (Å²) in [6.07, 6.45) is 0.892. The Morgan fingerprint density at radius 3 is 2.52 bits per heavy atom. The van der Waals surface area contributed by atoms with Gasteiger partial charge in [-0.2, -0.15) is 0 Å². The van der Waals surface area contributed by atoms with Crippen LogP contribution in [0.2, 0.25) is 0 Å². The molecule has 0 amide bonds. The number of rotatable bonds is 6. The van der Waals surface area contributed by atoms with Gasteiger partial charge in [0.25, 0.3) is 0 Å². The molecule has 0 bridgehead atoms. The molecule has 0 fully saturated rings. The molecular formula is C17H19NO3. The Labute approximate surface area is 124 Å². The van der Waals surface area contributed by atoms with Crippen LogP contribution in [-0.2, 0) is 0 Å². The number of methoxy groups -OCH3 is 1. The number of carboxylic acid groups (broad SMARTS) is 1. The van der Waals surface area contributed by atoms with Crippen LogP contribution in [0.15, 0.2) is 48.5 Å². The summed E-state index contributed by atoms with van der Waals surface area (Å²) in [6.45, 7) is 2.09. The Kier molecular flexibility index (Phi) is 4.82. The Morgan fingerprint density at radius 1 is 1.24 bits per heavy atom. The van der Waals surface area contributed by atoms with E-state index in [0.717, 1.165) is 23.4 Å². The van der Waals surface area contributed by atoms with Gasteiger partial charge in [-0.15, -0.1) is 0 Å². The number of ether oxygens (including phenoxy) is 1. The first-order valence-electron chi connectivity index (χ1n) is 6.88. The quantitative estimate of drug-likeness (QED) is 0.843. The van der Waals surface area contributed by atoms with Crippen LogP contribution in [0.5, 0.6) is 5.75 Å². The zero-order valence-electron chi connectivity index (χ0n) is 12.2. The van der Waals surface area contributed by atoms with Crippen molar-refractivity contribution >= 4 is 11.7 Å². The number of nitrogens with one attached hydrogen (secondary N) is 1. The average molecular weight is 285 g/mol. The summed E-state index contributed by atoms with van der Waals surface area (Å²) in [7, 11) is 1.64. The van der Waals surface area contributed by atoms with E-state index < -0.39 is 5.97 Å². The highest BCUT2D eigenvalue weighted by molar-refractivity contribution is 5.88. The highest BCUT2D eigenvalue weighted by Gasteiger charge is 2.10. The maximum atomic E-state index is 11.0. The molecule has 2 aromatic rings. The smallest absolute Gasteiger partial charge is 0.335 e. The molecule has 0 radical (unpaired) electrons. The minimum Gasteiger partial charge on any atom is -0.497 e. The Hall–Kier alpha value is -2.49. The van der Waals surface area contributed by atoms with Crippen molar-refractivity contribution in [3.8, 4) is 5.75 Å². The first-order chi connectivity index (χ1) is 10.1. The van der Waals surface area contributed by atoms with Crippen molar-refractivity contribution in [3.63, 3.8) is 0 Å². The normalized spacial score (nSPS) is 11.7. The third kappa shape index (κ3) is 3.75. The summed E-state index contributed by atoms with van der Waals surface area (Å²) in [5.41, 5.74) is 2.22. The molecule has 0 saturated carbocycles. The molecule has 21 heavy (non-hydrogen) atoms. The predicted octanol–water partition coefficient (Wildman–Crippen LogP) is 3.96. The minimum atomic E-state index is -0.920. The van der Waals surface area contributed by atoms with E-state index in [1.54, 1.807) is 25.3 Å². The lowest BCUT2D eigenvalue weighted by Gasteiger charge is -2.19. The summed E-state index contributed by atoms with van der Waals surface area (Å²) >= 11 is 0. The second-order valence-electron chi connectivity index (χ2n) is 4.76. The maximum absolute atomic E-state index is 11.0. The predicted molar refractivity (Wildman–Crippen MR) is 83.1 cm³/mol. The highest BCUT2D eigenvalue weighted by atomic mass is 16.5. The molecule has 1 unspecified atom stereocenters. The average Bonchev–Trinajstić information content (AvgIpc) is 2.53. The van der Waals surface area contributed by atoms with Crippen LogP contribution >= 0.6 is 0 Å². The molecule has 110 valence electrons. The van der Waals surface area contributed by atoms with Gasteiger partial charge in [0.1, 0.15) is 5.75 Å². The van der Waals surface area contributed by atoms with Gasteiger partial charge in [-0.05, 0) is 42.3 Å². The van der Waals surface area contributed by atoms with Crippen LogP contribution < -0.4 is 10.1 Å². The third-order valence-corrected chi connectivity index (χ3v) is 3.38. The van der Waals surface area contributed by atoms with Gasteiger partial charge in [0.15, 0.2) is 0 Å². The molecular weight excluding hydrogens is 266 g/mol. The molecule has 0 heterocycles. The largest absolute Gasteiger partial charge is 0.497 e. The fraction of sp³-hybridized carbons (Fsp3) is 0.235. The fourth-order valence-electron chi connectivity index (χ4n) is 2.20. The molecule has 0 aliphatic heterocycles. The van der Waals surface area contributed by atoms with Gasteiger partial charge < -0.3 is 15.2 Å². The second kappa shape index (κ2) is 6.79. The first-order valence-corrected chi connectivity index (χ1v) is 6.88. The van der Waals surface area contributed by atoms with E-state index in [4.69, 9.17) is 9.84 Å². The van der Waals surface area contributed by atoms with Gasteiger partial charge in [0, 0.05) is 5.69 Å². The van der Waals surface area contributed by atoms with Gasteiger partial charge in [0.2, 0.25) is 0 Å². The molecule has 2 aromatic carbocycles. The van der Waals surface area contributed by atoms with E-state index in [1.807, 2.05) is 30.3 Å². The second-order valence-corrected chi connectivity index (χ2v) is 4.76. The number of benzene rings is 2. The van der Waals surface area contributed by atoms with Crippen LogP contribution in [0, 0.1) is 0 Å². The fourth-order valence-corrected chi connectivity index (χ4v) is 2.20. The molecule has 0 saturated heterocycles. The van der Waals surface area contributed by atoms with Gasteiger partial charge in [-0.1, -0.05) is 25.1 Å². The molecule has 0 aromatic heterocycles. The zero-order chi connectivity index (χ0) is 15.2. The van der Waals surface area contributed by atoms with Crippen LogP contribution in [-0.4, -0.2) is 18.2 Å². The Morgan fingerprint density at radius 2 is 1.95 bits per heavy atom. The lowest BCUT2D eigenvalue weighted by atomic mass is 10.0. The highest BCUT2D eigenvalue weighted by Crippen LogP contribution is 2.24. The number of anilines is 1. The molecule has 4 heteroatoms. The zero-order valence-corrected chi connectivity index (χ0v) is 12.2.